The monoisotopic (exact) mass is 295 g/mol. The first-order chi connectivity index (χ1) is 10.8. The predicted molar refractivity (Wildman–Crippen MR) is 79.3 cm³/mol. The third-order valence-electron chi connectivity index (χ3n) is 2.99. The van der Waals surface area contributed by atoms with Gasteiger partial charge in [0, 0.05) is 0 Å². The summed E-state index contributed by atoms with van der Waals surface area (Å²) in [6.45, 7) is 0.250. The molecule has 0 saturated heterocycles. The van der Waals surface area contributed by atoms with Gasteiger partial charge in [0.25, 0.3) is 0 Å². The van der Waals surface area contributed by atoms with E-state index in [2.05, 4.69) is 21.0 Å². The quantitative estimate of drug-likeness (QED) is 0.810. The van der Waals surface area contributed by atoms with Crippen LogP contribution in [-0.2, 0) is 4.84 Å². The zero-order valence-corrected chi connectivity index (χ0v) is 11.7. The van der Waals surface area contributed by atoms with Crippen molar-refractivity contribution in [1.29, 1.82) is 0 Å². The Balaban J connectivity index is 1.58. The van der Waals surface area contributed by atoms with Crippen LogP contribution in [0.15, 0.2) is 48.1 Å². The molecule has 110 valence electrons. The lowest BCUT2D eigenvalue weighted by atomic mass is 10.1. The summed E-state index contributed by atoms with van der Waals surface area (Å²) in [5, 5.41) is 3.94. The molecule has 0 saturated carbocycles. The molecule has 22 heavy (non-hydrogen) atoms. The zero-order valence-electron chi connectivity index (χ0n) is 11.7. The molecule has 0 fully saturated rings. The molecule has 6 nitrogen and oxygen atoms in total. The van der Waals surface area contributed by atoms with E-state index in [-0.39, 0.29) is 12.7 Å². The molecule has 0 bridgehead atoms. The van der Waals surface area contributed by atoms with E-state index in [0.717, 1.165) is 11.3 Å². The molecule has 2 aromatic rings. The van der Waals surface area contributed by atoms with Crippen LogP contribution in [-0.4, -0.2) is 22.5 Å². The van der Waals surface area contributed by atoms with Crippen LogP contribution in [0.4, 0.5) is 0 Å². The fourth-order valence-corrected chi connectivity index (χ4v) is 1.97. The molecule has 1 aromatic heterocycles. The zero-order chi connectivity index (χ0) is 15.2. The van der Waals surface area contributed by atoms with Crippen molar-refractivity contribution in [1.82, 2.24) is 9.97 Å². The van der Waals surface area contributed by atoms with Crippen molar-refractivity contribution < 1.29 is 14.3 Å². The average molecular weight is 295 g/mol. The fourth-order valence-electron chi connectivity index (χ4n) is 1.97. The molecule has 6 heteroatoms. The van der Waals surface area contributed by atoms with Crippen LogP contribution in [0, 0.1) is 12.3 Å². The Hall–Kier alpha value is -3.07. The van der Waals surface area contributed by atoms with Crippen molar-refractivity contribution >= 4 is 5.90 Å². The van der Waals surface area contributed by atoms with E-state index in [9.17, 15) is 0 Å². The second kappa shape index (κ2) is 6.59. The Labute approximate surface area is 127 Å². The number of hydrogen-bond acceptors (Lipinski definition) is 6. The van der Waals surface area contributed by atoms with Crippen molar-refractivity contribution in [2.24, 2.45) is 5.16 Å². The average Bonchev–Trinajstić information content (AvgIpc) is 3.03. The van der Waals surface area contributed by atoms with E-state index >= 15 is 0 Å². The van der Waals surface area contributed by atoms with E-state index < -0.39 is 0 Å². The molecular formula is C16H13N3O3. The van der Waals surface area contributed by atoms with Gasteiger partial charge in [-0.3, -0.25) is 0 Å². The Morgan fingerprint density at radius 2 is 1.95 bits per heavy atom. The van der Waals surface area contributed by atoms with Crippen LogP contribution in [0.3, 0.4) is 0 Å². The van der Waals surface area contributed by atoms with Gasteiger partial charge in [0.2, 0.25) is 5.90 Å². The number of hydrogen-bond donors (Lipinski definition) is 0. The predicted octanol–water partition coefficient (Wildman–Crippen LogP) is 2.34. The SMILES string of the molecule is C#CCOc1ccc([C@@H]2CC(Oc3cncnc3)=NO2)cc1. The summed E-state index contributed by atoms with van der Waals surface area (Å²) in [6.07, 6.45) is 10.1. The first-order valence-electron chi connectivity index (χ1n) is 6.67. The van der Waals surface area contributed by atoms with Crippen LogP contribution < -0.4 is 9.47 Å². The Morgan fingerprint density at radius 3 is 2.68 bits per heavy atom. The summed E-state index contributed by atoms with van der Waals surface area (Å²) < 4.78 is 10.9. The van der Waals surface area contributed by atoms with Gasteiger partial charge in [-0.15, -0.1) is 6.42 Å². The van der Waals surface area contributed by atoms with E-state index in [1.165, 1.54) is 6.33 Å². The molecule has 1 aliphatic heterocycles. The molecule has 3 rings (SSSR count). The Morgan fingerprint density at radius 1 is 1.18 bits per heavy atom. The van der Waals surface area contributed by atoms with Gasteiger partial charge in [-0.2, -0.15) is 0 Å². The van der Waals surface area contributed by atoms with E-state index in [4.69, 9.17) is 20.7 Å². The highest BCUT2D eigenvalue weighted by molar-refractivity contribution is 5.79. The molecule has 0 aliphatic carbocycles. The molecule has 0 N–H and O–H groups in total. The van der Waals surface area contributed by atoms with Crippen molar-refractivity contribution in [2.75, 3.05) is 6.61 Å². The molecule has 1 aliphatic rings. The van der Waals surface area contributed by atoms with E-state index in [1.807, 2.05) is 24.3 Å². The van der Waals surface area contributed by atoms with Crippen LogP contribution in [0.2, 0.25) is 0 Å². The molecule has 0 spiro atoms. The van der Waals surface area contributed by atoms with E-state index in [1.54, 1.807) is 12.4 Å². The van der Waals surface area contributed by atoms with Crippen LogP contribution >= 0.6 is 0 Å². The maximum Gasteiger partial charge on any atom is 0.235 e. The third kappa shape index (κ3) is 3.33. The van der Waals surface area contributed by atoms with Gasteiger partial charge in [0.05, 0.1) is 18.8 Å². The summed E-state index contributed by atoms with van der Waals surface area (Å²) in [4.78, 5) is 13.2. The minimum absolute atomic E-state index is 0.179. The fraction of sp³-hybridized carbons (Fsp3) is 0.188. The summed E-state index contributed by atoms with van der Waals surface area (Å²) in [5.41, 5.74) is 0.986. The Kier molecular flexibility index (Phi) is 4.16. The molecule has 1 aromatic carbocycles. The highest BCUT2D eigenvalue weighted by atomic mass is 16.7. The second-order valence-electron chi connectivity index (χ2n) is 4.52. The van der Waals surface area contributed by atoms with Crippen LogP contribution in [0.5, 0.6) is 11.5 Å². The maximum absolute atomic E-state index is 5.56. The number of aromatic nitrogens is 2. The highest BCUT2D eigenvalue weighted by Gasteiger charge is 2.24. The van der Waals surface area contributed by atoms with Crippen molar-refractivity contribution in [2.45, 2.75) is 12.5 Å². The number of terminal acetylenes is 1. The minimum atomic E-state index is -0.179. The van der Waals surface area contributed by atoms with Gasteiger partial charge in [-0.05, 0) is 17.7 Å². The van der Waals surface area contributed by atoms with E-state index in [0.29, 0.717) is 18.1 Å². The first-order valence-corrected chi connectivity index (χ1v) is 6.67. The van der Waals surface area contributed by atoms with Gasteiger partial charge >= 0.3 is 0 Å². The van der Waals surface area contributed by atoms with Crippen LogP contribution in [0.1, 0.15) is 18.1 Å². The maximum atomic E-state index is 5.56. The van der Waals surface area contributed by atoms with Gasteiger partial charge in [0.1, 0.15) is 18.7 Å². The van der Waals surface area contributed by atoms with Crippen molar-refractivity contribution in [3.05, 3.63) is 48.5 Å². The number of rotatable bonds is 4. The topological polar surface area (TPSA) is 65.8 Å². The van der Waals surface area contributed by atoms with Crippen molar-refractivity contribution in [3.8, 4) is 23.8 Å². The normalized spacial score (nSPS) is 16.3. The molecule has 1 atom stereocenters. The number of oxime groups is 1. The van der Waals surface area contributed by atoms with Gasteiger partial charge in [0.15, 0.2) is 11.9 Å². The van der Waals surface area contributed by atoms with Crippen LogP contribution in [0.25, 0.3) is 0 Å². The smallest absolute Gasteiger partial charge is 0.235 e. The molecule has 0 unspecified atom stereocenters. The Bertz CT molecular complexity index is 693. The lowest BCUT2D eigenvalue weighted by Crippen LogP contribution is -2.07. The first kappa shape index (κ1) is 13.9. The van der Waals surface area contributed by atoms with Crippen molar-refractivity contribution in [3.63, 3.8) is 0 Å². The standard InChI is InChI=1S/C16H13N3O3/c1-2-7-20-13-5-3-12(4-6-13)15-8-16(19-22-15)21-14-9-17-11-18-10-14/h1,3-6,9-11,15H,7-8H2/t15-/m0/s1. The lowest BCUT2D eigenvalue weighted by Gasteiger charge is -2.09. The number of ether oxygens (including phenoxy) is 2. The summed E-state index contributed by atoms with van der Waals surface area (Å²) in [5.74, 6) is 4.17. The summed E-state index contributed by atoms with van der Waals surface area (Å²) in [7, 11) is 0. The molecule has 0 radical (unpaired) electrons. The molecular weight excluding hydrogens is 282 g/mol. The molecule has 0 amide bonds. The molecule has 2 heterocycles. The second-order valence-corrected chi connectivity index (χ2v) is 4.52. The summed E-state index contributed by atoms with van der Waals surface area (Å²) in [6, 6.07) is 7.53. The minimum Gasteiger partial charge on any atom is -0.481 e. The summed E-state index contributed by atoms with van der Waals surface area (Å²) >= 11 is 0. The number of nitrogens with zero attached hydrogens (tertiary/aromatic N) is 3. The van der Waals surface area contributed by atoms with Gasteiger partial charge in [-0.25, -0.2) is 9.97 Å². The largest absolute Gasteiger partial charge is 0.481 e. The number of benzene rings is 1. The third-order valence-corrected chi connectivity index (χ3v) is 2.99. The van der Waals surface area contributed by atoms with Gasteiger partial charge in [-0.1, -0.05) is 23.2 Å². The lowest BCUT2D eigenvalue weighted by molar-refractivity contribution is 0.0855. The highest BCUT2D eigenvalue weighted by Crippen LogP contribution is 2.29. The van der Waals surface area contributed by atoms with Gasteiger partial charge < -0.3 is 14.3 Å².